The number of carbonyl (C=O) groups excluding carboxylic acids is 1. The van der Waals surface area contributed by atoms with Crippen LogP contribution in [0, 0.1) is 17.0 Å². The third kappa shape index (κ3) is 4.06. The number of hydrogen-bond donors (Lipinski definition) is 1. The second-order valence-electron chi connectivity index (χ2n) is 5.72. The quantitative estimate of drug-likeness (QED) is 0.643. The molecule has 7 nitrogen and oxygen atoms in total. The number of aryl methyl sites for hydroxylation is 1. The first kappa shape index (κ1) is 18.3. The number of anilines is 1. The molecule has 2 aromatic rings. The minimum atomic E-state index is -0.508. The van der Waals surface area contributed by atoms with E-state index in [1.54, 1.807) is 27.3 Å². The second-order valence-corrected chi connectivity index (χ2v) is 5.72. The molecule has 1 N–H and O–H groups in total. The van der Waals surface area contributed by atoms with Crippen LogP contribution in [0.1, 0.15) is 21.5 Å². The van der Waals surface area contributed by atoms with E-state index in [0.717, 1.165) is 11.1 Å². The minimum Gasteiger partial charge on any atom is -0.496 e. The van der Waals surface area contributed by atoms with E-state index in [1.165, 1.54) is 17.0 Å². The third-order valence-electron chi connectivity index (χ3n) is 3.90. The van der Waals surface area contributed by atoms with Crippen molar-refractivity contribution in [2.45, 2.75) is 13.5 Å². The van der Waals surface area contributed by atoms with E-state index in [1.807, 2.05) is 25.1 Å². The fraction of sp³-hybridized carbons (Fsp3) is 0.278. The molecule has 0 fully saturated rings. The molecule has 0 aliphatic rings. The largest absolute Gasteiger partial charge is 0.496 e. The van der Waals surface area contributed by atoms with E-state index in [0.29, 0.717) is 18.0 Å². The van der Waals surface area contributed by atoms with Crippen molar-refractivity contribution < 1.29 is 14.5 Å². The highest BCUT2D eigenvalue weighted by Crippen LogP contribution is 2.26. The summed E-state index contributed by atoms with van der Waals surface area (Å²) in [5, 5.41) is 13.9. The molecule has 0 unspecified atom stereocenters. The van der Waals surface area contributed by atoms with Gasteiger partial charge in [0.1, 0.15) is 11.4 Å². The van der Waals surface area contributed by atoms with Crippen LogP contribution in [0.5, 0.6) is 5.75 Å². The lowest BCUT2D eigenvalue weighted by atomic mass is 10.1. The van der Waals surface area contributed by atoms with Gasteiger partial charge in [0.05, 0.1) is 12.0 Å². The Morgan fingerprint density at radius 2 is 2.00 bits per heavy atom. The van der Waals surface area contributed by atoms with Crippen molar-refractivity contribution in [1.82, 2.24) is 4.90 Å². The van der Waals surface area contributed by atoms with Gasteiger partial charge in [-0.05, 0) is 25.1 Å². The molecule has 1 amide bonds. The number of nitrogens with zero attached hydrogens (tertiary/aromatic N) is 2. The standard InChI is InChI=1S/C18H21N3O4/c1-12-5-8-17(25-4)14(9-12)11-20(3)18(22)13-6-7-15(19-2)16(10-13)21(23)24/h5-10,19H,11H2,1-4H3. The second kappa shape index (κ2) is 7.65. The summed E-state index contributed by atoms with van der Waals surface area (Å²) in [6.45, 7) is 2.30. The van der Waals surface area contributed by atoms with Crippen LogP contribution >= 0.6 is 0 Å². The molecule has 0 spiro atoms. The summed E-state index contributed by atoms with van der Waals surface area (Å²) >= 11 is 0. The van der Waals surface area contributed by atoms with Gasteiger partial charge in [0.25, 0.3) is 11.6 Å². The first-order valence-electron chi connectivity index (χ1n) is 7.72. The van der Waals surface area contributed by atoms with Crippen LogP contribution in [0.3, 0.4) is 0 Å². The van der Waals surface area contributed by atoms with Crippen LogP contribution in [-0.2, 0) is 6.54 Å². The van der Waals surface area contributed by atoms with E-state index in [9.17, 15) is 14.9 Å². The molecule has 7 heteroatoms. The average molecular weight is 343 g/mol. The zero-order valence-electron chi connectivity index (χ0n) is 14.7. The van der Waals surface area contributed by atoms with E-state index in [4.69, 9.17) is 4.74 Å². The molecule has 2 rings (SSSR count). The fourth-order valence-corrected chi connectivity index (χ4v) is 2.61. The number of carbonyl (C=O) groups is 1. The van der Waals surface area contributed by atoms with Crippen molar-refractivity contribution in [3.8, 4) is 5.75 Å². The number of nitrogens with one attached hydrogen (secondary N) is 1. The maximum atomic E-state index is 12.7. The molecule has 0 bridgehead atoms. The fourth-order valence-electron chi connectivity index (χ4n) is 2.61. The van der Waals surface area contributed by atoms with Crippen molar-refractivity contribution in [3.63, 3.8) is 0 Å². The number of nitro benzene ring substituents is 1. The SMILES string of the molecule is CNc1ccc(C(=O)N(C)Cc2cc(C)ccc2OC)cc1[N+](=O)[O-]. The summed E-state index contributed by atoms with van der Waals surface area (Å²) in [4.78, 5) is 24.8. The van der Waals surface area contributed by atoms with E-state index in [-0.39, 0.29) is 17.2 Å². The number of nitro groups is 1. The van der Waals surface area contributed by atoms with Crippen molar-refractivity contribution in [1.29, 1.82) is 0 Å². The first-order chi connectivity index (χ1) is 11.9. The van der Waals surface area contributed by atoms with Crippen molar-refractivity contribution in [3.05, 3.63) is 63.2 Å². The molecular weight excluding hydrogens is 322 g/mol. The highest BCUT2D eigenvalue weighted by molar-refractivity contribution is 5.95. The predicted molar refractivity (Wildman–Crippen MR) is 96.2 cm³/mol. The van der Waals surface area contributed by atoms with Gasteiger partial charge in [-0.15, -0.1) is 0 Å². The van der Waals surface area contributed by atoms with Crippen molar-refractivity contribution in [2.75, 3.05) is 26.5 Å². The number of ether oxygens (including phenoxy) is 1. The van der Waals surface area contributed by atoms with Gasteiger partial charge in [-0.3, -0.25) is 14.9 Å². The molecule has 0 aliphatic heterocycles. The highest BCUT2D eigenvalue weighted by Gasteiger charge is 2.20. The van der Waals surface area contributed by atoms with E-state index >= 15 is 0 Å². The van der Waals surface area contributed by atoms with Crippen LogP contribution in [0.15, 0.2) is 36.4 Å². The third-order valence-corrected chi connectivity index (χ3v) is 3.90. The lowest BCUT2D eigenvalue weighted by Gasteiger charge is -2.19. The van der Waals surface area contributed by atoms with Crippen LogP contribution < -0.4 is 10.1 Å². The molecule has 0 atom stereocenters. The van der Waals surface area contributed by atoms with Gasteiger partial charge < -0.3 is 15.0 Å². The molecule has 0 saturated carbocycles. The Morgan fingerprint density at radius 1 is 1.28 bits per heavy atom. The maximum absolute atomic E-state index is 12.7. The lowest BCUT2D eigenvalue weighted by molar-refractivity contribution is -0.384. The molecule has 0 aromatic heterocycles. The number of hydrogen-bond acceptors (Lipinski definition) is 5. The van der Waals surface area contributed by atoms with Gasteiger partial charge in [0.2, 0.25) is 0 Å². The number of rotatable bonds is 6. The van der Waals surface area contributed by atoms with Crippen molar-refractivity contribution in [2.24, 2.45) is 0 Å². The first-order valence-corrected chi connectivity index (χ1v) is 7.72. The predicted octanol–water partition coefficient (Wildman–Crippen LogP) is 3.23. The molecule has 0 saturated heterocycles. The Balaban J connectivity index is 2.27. The van der Waals surface area contributed by atoms with Gasteiger partial charge in [0, 0.05) is 37.8 Å². The summed E-state index contributed by atoms with van der Waals surface area (Å²) < 4.78 is 5.33. The minimum absolute atomic E-state index is 0.130. The van der Waals surface area contributed by atoms with Gasteiger partial charge in [-0.2, -0.15) is 0 Å². The summed E-state index contributed by atoms with van der Waals surface area (Å²) in [5.41, 5.74) is 2.43. The maximum Gasteiger partial charge on any atom is 0.293 e. The normalized spacial score (nSPS) is 10.2. The zero-order valence-corrected chi connectivity index (χ0v) is 14.7. The van der Waals surface area contributed by atoms with Crippen LogP contribution in [0.2, 0.25) is 0 Å². The van der Waals surface area contributed by atoms with E-state index in [2.05, 4.69) is 5.32 Å². The zero-order chi connectivity index (χ0) is 18.6. The number of benzene rings is 2. The van der Waals surface area contributed by atoms with Crippen molar-refractivity contribution >= 4 is 17.3 Å². The number of amides is 1. The van der Waals surface area contributed by atoms with Gasteiger partial charge in [-0.1, -0.05) is 17.7 Å². The van der Waals surface area contributed by atoms with Gasteiger partial charge in [-0.25, -0.2) is 0 Å². The topological polar surface area (TPSA) is 84.7 Å². The highest BCUT2D eigenvalue weighted by atomic mass is 16.6. The van der Waals surface area contributed by atoms with Gasteiger partial charge >= 0.3 is 0 Å². The summed E-state index contributed by atoms with van der Waals surface area (Å²) in [6, 6.07) is 10.1. The van der Waals surface area contributed by atoms with Crippen LogP contribution in [0.4, 0.5) is 11.4 Å². The molecular formula is C18H21N3O4. The van der Waals surface area contributed by atoms with Crippen LogP contribution in [0.25, 0.3) is 0 Å². The molecule has 0 heterocycles. The average Bonchev–Trinajstić information content (AvgIpc) is 2.60. The molecule has 0 aliphatic carbocycles. The molecule has 2 aromatic carbocycles. The lowest BCUT2D eigenvalue weighted by Crippen LogP contribution is -2.26. The number of methoxy groups -OCH3 is 1. The Morgan fingerprint density at radius 3 is 2.60 bits per heavy atom. The van der Waals surface area contributed by atoms with Crippen LogP contribution in [-0.4, -0.2) is 36.9 Å². The Hall–Kier alpha value is -3.09. The summed E-state index contributed by atoms with van der Waals surface area (Å²) in [7, 11) is 4.83. The molecule has 132 valence electrons. The Bertz CT molecular complexity index is 805. The monoisotopic (exact) mass is 343 g/mol. The summed E-state index contributed by atoms with van der Waals surface area (Å²) in [6.07, 6.45) is 0. The Kier molecular flexibility index (Phi) is 5.59. The smallest absolute Gasteiger partial charge is 0.293 e. The molecule has 25 heavy (non-hydrogen) atoms. The molecule has 0 radical (unpaired) electrons. The Labute approximate surface area is 146 Å². The van der Waals surface area contributed by atoms with E-state index < -0.39 is 4.92 Å². The summed E-state index contributed by atoms with van der Waals surface area (Å²) in [5.74, 6) is 0.399. The van der Waals surface area contributed by atoms with Gasteiger partial charge in [0.15, 0.2) is 0 Å².